The van der Waals surface area contributed by atoms with Gasteiger partial charge in [0.25, 0.3) is 5.91 Å². The molecule has 0 radical (unpaired) electrons. The maximum absolute atomic E-state index is 12.2. The number of ether oxygens (including phenoxy) is 1. The second-order valence-electron chi connectivity index (χ2n) is 12.2. The molecule has 1 spiro atoms. The van der Waals surface area contributed by atoms with E-state index in [2.05, 4.69) is 51.0 Å². The van der Waals surface area contributed by atoms with Gasteiger partial charge < -0.3 is 20.4 Å². The van der Waals surface area contributed by atoms with Gasteiger partial charge in [0.2, 0.25) is 0 Å². The maximum Gasteiger partial charge on any atom is 0.252 e. The molecule has 3 fully saturated rings. The standard InChI is InChI=1S/C34H39N5O2/c1-2-23-6-3-4-7-28(23)30-8-5-15-39(30)26-20-34(21-26)12-16-38(17-13-34)25-9-10-29(32(35)40)31(19-25)41-27-18-24-11-14-36-33(24)37-22-27/h3-4,6-7,9-11,14,18-19,22,26,30H,2,5,8,12-13,15-17,20-21H2,1H3,(H2,35,40)(H,36,37)/t30-/m0/s1. The lowest BCUT2D eigenvalue weighted by molar-refractivity contribution is -0.0227. The van der Waals surface area contributed by atoms with Crippen LogP contribution in [-0.2, 0) is 6.42 Å². The van der Waals surface area contributed by atoms with Crippen molar-refractivity contribution in [1.82, 2.24) is 14.9 Å². The molecule has 41 heavy (non-hydrogen) atoms. The van der Waals surface area contributed by atoms with Gasteiger partial charge in [-0.2, -0.15) is 0 Å². The summed E-state index contributed by atoms with van der Waals surface area (Å²) in [5.74, 6) is 0.557. The topological polar surface area (TPSA) is 87.5 Å². The van der Waals surface area contributed by atoms with Gasteiger partial charge in [-0.3, -0.25) is 9.69 Å². The summed E-state index contributed by atoms with van der Waals surface area (Å²) in [6, 6.07) is 20.0. The molecule has 2 aliphatic heterocycles. The number of H-pyrrole nitrogens is 1. The van der Waals surface area contributed by atoms with Crippen molar-refractivity contribution >= 4 is 22.6 Å². The van der Waals surface area contributed by atoms with Crippen molar-refractivity contribution in [2.45, 2.75) is 64.0 Å². The molecule has 0 bridgehead atoms. The number of aryl methyl sites for hydroxylation is 1. The van der Waals surface area contributed by atoms with Crippen molar-refractivity contribution in [3.8, 4) is 11.5 Å². The number of nitrogens with zero attached hydrogens (tertiary/aromatic N) is 3. The number of carbonyl (C=O) groups excluding carboxylic acids is 1. The molecule has 2 aromatic heterocycles. The van der Waals surface area contributed by atoms with Crippen LogP contribution in [0, 0.1) is 5.41 Å². The Hall–Kier alpha value is -3.84. The average Bonchev–Trinajstić information content (AvgIpc) is 3.65. The molecule has 1 amide bonds. The van der Waals surface area contributed by atoms with Gasteiger partial charge in [0, 0.05) is 48.5 Å². The number of benzene rings is 2. The number of aromatic nitrogens is 2. The van der Waals surface area contributed by atoms with Gasteiger partial charge in [-0.05, 0) is 92.3 Å². The summed E-state index contributed by atoms with van der Waals surface area (Å²) in [6.45, 7) is 5.54. The average molecular weight is 550 g/mol. The Labute approximate surface area is 241 Å². The van der Waals surface area contributed by atoms with Crippen molar-refractivity contribution in [3.63, 3.8) is 0 Å². The van der Waals surface area contributed by atoms with Gasteiger partial charge in [0.05, 0.1) is 11.8 Å². The molecule has 1 aliphatic carbocycles. The van der Waals surface area contributed by atoms with Gasteiger partial charge in [0.1, 0.15) is 17.1 Å². The molecule has 1 saturated carbocycles. The predicted molar refractivity (Wildman–Crippen MR) is 163 cm³/mol. The van der Waals surface area contributed by atoms with Crippen LogP contribution in [0.15, 0.2) is 67.0 Å². The van der Waals surface area contributed by atoms with Crippen molar-refractivity contribution in [3.05, 3.63) is 83.7 Å². The minimum Gasteiger partial charge on any atom is -0.455 e. The number of rotatable bonds is 7. The van der Waals surface area contributed by atoms with Crippen molar-refractivity contribution in [1.29, 1.82) is 0 Å². The van der Waals surface area contributed by atoms with E-state index in [1.807, 2.05) is 30.5 Å². The number of hydrogen-bond acceptors (Lipinski definition) is 5. The Bertz CT molecular complexity index is 1560. The lowest BCUT2D eigenvalue weighted by Crippen LogP contribution is -2.54. The number of amides is 1. The molecule has 7 heteroatoms. The third-order valence-electron chi connectivity index (χ3n) is 9.92. The first-order valence-electron chi connectivity index (χ1n) is 15.2. The minimum absolute atomic E-state index is 0.378. The third-order valence-corrected chi connectivity index (χ3v) is 9.92. The molecule has 2 aromatic carbocycles. The minimum atomic E-state index is -0.498. The summed E-state index contributed by atoms with van der Waals surface area (Å²) in [7, 11) is 0. The molecular formula is C34H39N5O2. The number of carbonyl (C=O) groups is 1. The molecular weight excluding hydrogens is 510 g/mol. The van der Waals surface area contributed by atoms with Crippen LogP contribution in [-0.4, -0.2) is 46.5 Å². The molecule has 4 aromatic rings. The smallest absolute Gasteiger partial charge is 0.252 e. The molecule has 7 rings (SSSR count). The van der Waals surface area contributed by atoms with Gasteiger partial charge >= 0.3 is 0 Å². The molecule has 2 saturated heterocycles. The number of hydrogen-bond donors (Lipinski definition) is 2. The van der Waals surface area contributed by atoms with Crippen molar-refractivity contribution in [2.75, 3.05) is 24.5 Å². The van der Waals surface area contributed by atoms with Crippen LogP contribution >= 0.6 is 0 Å². The van der Waals surface area contributed by atoms with Crippen LogP contribution < -0.4 is 15.4 Å². The summed E-state index contributed by atoms with van der Waals surface area (Å²) in [6.07, 6.45) is 12.3. The van der Waals surface area contributed by atoms with Crippen molar-refractivity contribution < 1.29 is 9.53 Å². The second kappa shape index (κ2) is 10.5. The monoisotopic (exact) mass is 549 g/mol. The number of anilines is 1. The second-order valence-corrected chi connectivity index (χ2v) is 12.2. The number of pyridine rings is 1. The number of nitrogens with two attached hydrogens (primary N) is 1. The van der Waals surface area contributed by atoms with Gasteiger partial charge in [0.15, 0.2) is 0 Å². The number of fused-ring (bicyclic) bond motifs is 1. The van der Waals surface area contributed by atoms with Crippen LogP contribution in [0.5, 0.6) is 11.5 Å². The predicted octanol–water partition coefficient (Wildman–Crippen LogP) is 6.60. The quantitative estimate of drug-likeness (QED) is 0.271. The third kappa shape index (κ3) is 4.86. The molecule has 7 nitrogen and oxygen atoms in total. The fraction of sp³-hybridized carbons (Fsp3) is 0.412. The van der Waals surface area contributed by atoms with E-state index in [9.17, 15) is 4.79 Å². The lowest BCUT2D eigenvalue weighted by Gasteiger charge is -2.56. The fourth-order valence-corrected chi connectivity index (χ4v) is 7.66. The van der Waals surface area contributed by atoms with Crippen LogP contribution in [0.4, 0.5) is 5.69 Å². The van der Waals surface area contributed by atoms with Gasteiger partial charge in [-0.25, -0.2) is 4.98 Å². The van der Waals surface area contributed by atoms with Crippen LogP contribution in [0.25, 0.3) is 11.0 Å². The highest BCUT2D eigenvalue weighted by Gasteiger charge is 2.49. The highest BCUT2D eigenvalue weighted by molar-refractivity contribution is 5.96. The van der Waals surface area contributed by atoms with Crippen LogP contribution in [0.1, 0.15) is 73.0 Å². The Kier molecular flexibility index (Phi) is 6.70. The highest BCUT2D eigenvalue weighted by Crippen LogP contribution is 2.54. The van der Waals surface area contributed by atoms with Gasteiger partial charge in [-0.15, -0.1) is 0 Å². The first-order chi connectivity index (χ1) is 20.0. The summed E-state index contributed by atoms with van der Waals surface area (Å²) < 4.78 is 6.18. The Balaban J connectivity index is 1.02. The lowest BCUT2D eigenvalue weighted by atomic mass is 9.59. The molecule has 0 unspecified atom stereocenters. The first kappa shape index (κ1) is 26.1. The largest absolute Gasteiger partial charge is 0.455 e. The number of nitrogens with one attached hydrogen (secondary N) is 1. The molecule has 4 heterocycles. The number of piperidine rings is 1. The van der Waals surface area contributed by atoms with Crippen molar-refractivity contribution in [2.24, 2.45) is 11.1 Å². The van der Waals surface area contributed by atoms with E-state index in [-0.39, 0.29) is 0 Å². The first-order valence-corrected chi connectivity index (χ1v) is 15.2. The van der Waals surface area contributed by atoms with E-state index < -0.39 is 5.91 Å². The molecule has 3 N–H and O–H groups in total. The zero-order valence-corrected chi connectivity index (χ0v) is 23.8. The van der Waals surface area contributed by atoms with E-state index in [0.717, 1.165) is 36.2 Å². The summed E-state index contributed by atoms with van der Waals surface area (Å²) in [4.78, 5) is 25.0. The van der Waals surface area contributed by atoms with E-state index in [0.29, 0.717) is 34.6 Å². The SMILES string of the molecule is CCc1ccccc1[C@@H]1CCCN1C1CC2(CCN(c3ccc(C(N)=O)c(Oc4cnc5[nH]ccc5c4)c3)CC2)C1. The molecule has 212 valence electrons. The summed E-state index contributed by atoms with van der Waals surface area (Å²) in [5, 5.41) is 0.953. The Morgan fingerprint density at radius 3 is 2.73 bits per heavy atom. The zero-order valence-electron chi connectivity index (χ0n) is 23.8. The molecule has 3 aliphatic rings. The Morgan fingerprint density at radius 2 is 1.93 bits per heavy atom. The number of aromatic amines is 1. The maximum atomic E-state index is 12.2. The molecule has 1 atom stereocenters. The Morgan fingerprint density at radius 1 is 1.10 bits per heavy atom. The highest BCUT2D eigenvalue weighted by atomic mass is 16.5. The van der Waals surface area contributed by atoms with E-state index in [4.69, 9.17) is 10.5 Å². The summed E-state index contributed by atoms with van der Waals surface area (Å²) in [5.41, 5.74) is 11.5. The van der Waals surface area contributed by atoms with E-state index >= 15 is 0 Å². The zero-order chi connectivity index (χ0) is 28.0. The number of primary amides is 1. The van der Waals surface area contributed by atoms with E-state index in [1.54, 1.807) is 17.8 Å². The van der Waals surface area contributed by atoms with Gasteiger partial charge in [-0.1, -0.05) is 31.2 Å². The normalized spacial score (nSPS) is 20.9. The number of likely N-dealkylation sites (tertiary alicyclic amines) is 1. The van der Waals surface area contributed by atoms with Crippen LogP contribution in [0.2, 0.25) is 0 Å². The van der Waals surface area contributed by atoms with E-state index in [1.165, 1.54) is 50.6 Å². The summed E-state index contributed by atoms with van der Waals surface area (Å²) >= 11 is 0. The van der Waals surface area contributed by atoms with Crippen LogP contribution in [0.3, 0.4) is 0 Å². The fourth-order valence-electron chi connectivity index (χ4n) is 7.66.